The Morgan fingerprint density at radius 2 is 1.44 bits per heavy atom. The molecule has 0 saturated heterocycles. The van der Waals surface area contributed by atoms with Crippen LogP contribution in [0.4, 0.5) is 0 Å². The second kappa shape index (κ2) is 8.52. The quantitative estimate of drug-likeness (QED) is 0.491. The van der Waals surface area contributed by atoms with E-state index >= 15 is 0 Å². The number of hydrogen-bond acceptors (Lipinski definition) is 3. The van der Waals surface area contributed by atoms with Gasteiger partial charge in [0.2, 0.25) is 0 Å². The topological polar surface area (TPSA) is 60.7 Å². The van der Waals surface area contributed by atoms with Crippen LogP contribution in [0.3, 0.4) is 0 Å². The molecule has 3 nitrogen and oxygen atoms in total. The van der Waals surface area contributed by atoms with Crippen LogP contribution >= 0.6 is 0 Å². The summed E-state index contributed by atoms with van der Waals surface area (Å²) in [6.45, 7) is 17.0. The van der Waals surface area contributed by atoms with Crippen LogP contribution in [0.1, 0.15) is 106 Å². The molecule has 3 N–H and O–H groups in total. The Morgan fingerprint density at radius 1 is 0.781 bits per heavy atom. The van der Waals surface area contributed by atoms with E-state index in [4.69, 9.17) is 0 Å². The Morgan fingerprint density at radius 3 is 2.09 bits per heavy atom. The van der Waals surface area contributed by atoms with Crippen molar-refractivity contribution in [1.82, 2.24) is 0 Å². The summed E-state index contributed by atoms with van der Waals surface area (Å²) < 4.78 is 0. The van der Waals surface area contributed by atoms with Crippen molar-refractivity contribution in [2.75, 3.05) is 0 Å². The molecular formula is C29H52O3. The van der Waals surface area contributed by atoms with Crippen molar-refractivity contribution in [3.8, 4) is 0 Å². The maximum atomic E-state index is 11.2. The van der Waals surface area contributed by atoms with Crippen LogP contribution < -0.4 is 0 Å². The average Bonchev–Trinajstić information content (AvgIpc) is 3.05. The van der Waals surface area contributed by atoms with Crippen LogP contribution in [0, 0.1) is 57.7 Å². The monoisotopic (exact) mass is 448 g/mol. The van der Waals surface area contributed by atoms with Crippen LogP contribution in [-0.2, 0) is 0 Å². The normalized spacial score (nSPS) is 50.8. The molecule has 0 unspecified atom stereocenters. The third kappa shape index (κ3) is 4.01. The Bertz CT molecular complexity index is 670. The molecule has 0 amide bonds. The third-order valence-corrected chi connectivity index (χ3v) is 12.0. The second-order valence-electron chi connectivity index (χ2n) is 14.4. The molecule has 3 heteroatoms. The van der Waals surface area contributed by atoms with E-state index in [1.54, 1.807) is 0 Å². The standard InChI is InChI=1S/C29H52O3/c1-17(8-9-18(2)27(3,4)5)20-10-11-21-19-14-24(30)23-15-25(31)26(32)16-29(23,7)22(19)12-13-28(20,21)6/h17-26,30-32H,8-16H2,1-7H3/t17-,18+,19+,20-,21+,22+,23-,24+,25+,26+,28-,29-/m1/s1. The molecule has 0 aromatic carbocycles. The van der Waals surface area contributed by atoms with Crippen molar-refractivity contribution < 1.29 is 15.3 Å². The minimum absolute atomic E-state index is 0.0336. The highest BCUT2D eigenvalue weighted by atomic mass is 16.3. The third-order valence-electron chi connectivity index (χ3n) is 12.0. The molecule has 0 heterocycles. The molecule has 0 radical (unpaired) electrons. The van der Waals surface area contributed by atoms with Gasteiger partial charge in [-0.3, -0.25) is 0 Å². The van der Waals surface area contributed by atoms with E-state index in [0.29, 0.717) is 41.4 Å². The van der Waals surface area contributed by atoms with Crippen LogP contribution in [0.25, 0.3) is 0 Å². The summed E-state index contributed by atoms with van der Waals surface area (Å²) in [6.07, 6.45) is 8.40. The minimum Gasteiger partial charge on any atom is -0.393 e. The first-order valence-corrected chi connectivity index (χ1v) is 13.8. The van der Waals surface area contributed by atoms with Gasteiger partial charge in [-0.05, 0) is 109 Å². The molecular weight excluding hydrogens is 396 g/mol. The number of aliphatic hydroxyl groups excluding tert-OH is 3. The smallest absolute Gasteiger partial charge is 0.0804 e. The molecule has 0 aromatic rings. The lowest BCUT2D eigenvalue weighted by Crippen LogP contribution is -2.60. The van der Waals surface area contributed by atoms with Crippen LogP contribution in [0.15, 0.2) is 0 Å². The van der Waals surface area contributed by atoms with Crippen molar-refractivity contribution in [3.63, 3.8) is 0 Å². The maximum absolute atomic E-state index is 11.2. The van der Waals surface area contributed by atoms with Gasteiger partial charge < -0.3 is 15.3 Å². The van der Waals surface area contributed by atoms with Gasteiger partial charge in [-0.15, -0.1) is 0 Å². The van der Waals surface area contributed by atoms with Crippen LogP contribution in [0.2, 0.25) is 0 Å². The van der Waals surface area contributed by atoms with Gasteiger partial charge in [0.25, 0.3) is 0 Å². The van der Waals surface area contributed by atoms with Gasteiger partial charge in [0.05, 0.1) is 18.3 Å². The Labute approximate surface area is 197 Å². The number of rotatable bonds is 4. The molecule has 4 aliphatic carbocycles. The summed E-state index contributed by atoms with van der Waals surface area (Å²) in [5.41, 5.74) is 0.762. The van der Waals surface area contributed by atoms with Crippen LogP contribution in [-0.4, -0.2) is 33.6 Å². The summed E-state index contributed by atoms with van der Waals surface area (Å²) in [6, 6.07) is 0. The molecule has 0 aliphatic heterocycles. The first-order valence-electron chi connectivity index (χ1n) is 13.8. The fraction of sp³-hybridized carbons (Fsp3) is 1.00. The zero-order valence-electron chi connectivity index (χ0n) is 22.0. The van der Waals surface area contributed by atoms with E-state index in [-0.39, 0.29) is 17.4 Å². The summed E-state index contributed by atoms with van der Waals surface area (Å²) in [5.74, 6) is 4.36. The van der Waals surface area contributed by atoms with Gasteiger partial charge in [0.1, 0.15) is 0 Å². The molecule has 4 fully saturated rings. The minimum atomic E-state index is -0.666. The van der Waals surface area contributed by atoms with Gasteiger partial charge in [0.15, 0.2) is 0 Å². The summed E-state index contributed by atoms with van der Waals surface area (Å²) in [5, 5.41) is 32.1. The zero-order chi connectivity index (χ0) is 23.6. The van der Waals surface area contributed by atoms with Gasteiger partial charge in [-0.2, -0.15) is 0 Å². The Kier molecular flexibility index (Phi) is 6.65. The fourth-order valence-corrected chi connectivity index (χ4v) is 9.45. The van der Waals surface area contributed by atoms with Crippen molar-refractivity contribution in [2.45, 2.75) is 125 Å². The van der Waals surface area contributed by atoms with E-state index in [1.807, 2.05) is 0 Å². The zero-order valence-corrected chi connectivity index (χ0v) is 22.0. The summed E-state index contributed by atoms with van der Waals surface area (Å²) >= 11 is 0. The highest BCUT2D eigenvalue weighted by Gasteiger charge is 2.63. The lowest BCUT2D eigenvalue weighted by molar-refractivity contribution is -0.195. The number of hydrogen-bond donors (Lipinski definition) is 3. The molecule has 4 saturated carbocycles. The Hall–Kier alpha value is -0.120. The van der Waals surface area contributed by atoms with Gasteiger partial charge in [-0.25, -0.2) is 0 Å². The average molecular weight is 449 g/mol. The molecule has 4 rings (SSSR count). The highest BCUT2D eigenvalue weighted by molar-refractivity contribution is 5.12. The first kappa shape index (κ1) is 25.0. The summed E-state index contributed by atoms with van der Waals surface area (Å²) in [4.78, 5) is 0. The van der Waals surface area contributed by atoms with E-state index in [1.165, 1.54) is 38.5 Å². The predicted molar refractivity (Wildman–Crippen MR) is 131 cm³/mol. The largest absolute Gasteiger partial charge is 0.393 e. The molecule has 0 spiro atoms. The molecule has 0 bridgehead atoms. The van der Waals surface area contributed by atoms with E-state index in [9.17, 15) is 15.3 Å². The lowest BCUT2D eigenvalue weighted by atomic mass is 9.43. The van der Waals surface area contributed by atoms with Crippen LogP contribution in [0.5, 0.6) is 0 Å². The van der Waals surface area contributed by atoms with E-state index < -0.39 is 12.2 Å². The predicted octanol–water partition coefficient (Wildman–Crippen LogP) is 6.05. The van der Waals surface area contributed by atoms with Crippen molar-refractivity contribution in [3.05, 3.63) is 0 Å². The molecule has 4 aliphatic rings. The molecule has 0 aromatic heterocycles. The molecule has 12 atom stereocenters. The summed E-state index contributed by atoms with van der Waals surface area (Å²) in [7, 11) is 0. The van der Waals surface area contributed by atoms with Gasteiger partial charge in [0, 0.05) is 0 Å². The van der Waals surface area contributed by atoms with Crippen molar-refractivity contribution in [1.29, 1.82) is 0 Å². The van der Waals surface area contributed by atoms with Gasteiger partial charge >= 0.3 is 0 Å². The van der Waals surface area contributed by atoms with Crippen molar-refractivity contribution >= 4 is 0 Å². The number of aliphatic hydroxyl groups is 3. The molecule has 186 valence electrons. The maximum Gasteiger partial charge on any atom is 0.0804 e. The van der Waals surface area contributed by atoms with E-state index in [2.05, 4.69) is 48.5 Å². The first-order chi connectivity index (χ1) is 14.8. The number of fused-ring (bicyclic) bond motifs is 5. The molecule has 32 heavy (non-hydrogen) atoms. The SMILES string of the molecule is C[C@H](CC[C@H](C)C(C)(C)C)[C@H]1CC[C@H]2[C@@H]3C[C@H](O)[C@H]4C[C@H](O)[C@@H](O)C[C@]4(C)[C@H]3CC[C@]12C. The Balaban J connectivity index is 1.50. The second-order valence-corrected chi connectivity index (χ2v) is 14.4. The highest BCUT2D eigenvalue weighted by Crippen LogP contribution is 2.68. The van der Waals surface area contributed by atoms with Gasteiger partial charge in [-0.1, -0.05) is 54.9 Å². The van der Waals surface area contributed by atoms with Crippen molar-refractivity contribution in [2.24, 2.45) is 57.7 Å². The van der Waals surface area contributed by atoms with E-state index in [0.717, 1.165) is 24.2 Å². The lowest BCUT2D eigenvalue weighted by Gasteiger charge is -2.62. The fourth-order valence-electron chi connectivity index (χ4n) is 9.45.